The molecule has 1 amide bonds. The average Bonchev–Trinajstić information content (AvgIpc) is 2.41. The van der Waals surface area contributed by atoms with E-state index in [1.807, 2.05) is 60.7 Å². The molecule has 0 saturated heterocycles. The molecule has 0 aliphatic heterocycles. The van der Waals surface area contributed by atoms with Gasteiger partial charge in [0.2, 0.25) is 5.91 Å². The number of halogens is 1. The zero-order valence-corrected chi connectivity index (χ0v) is 11.1. The quantitative estimate of drug-likeness (QED) is 0.835. The molecule has 2 aromatic carbocycles. The first-order chi connectivity index (χ1) is 8.84. The maximum atomic E-state index is 11.6. The molecule has 0 unspecified atom stereocenters. The highest BCUT2D eigenvalue weighted by molar-refractivity contribution is 5.99. The number of carbonyl (C=O) groups excluding carboxylic acids is 1. The number of para-hydroxylation sites is 2. The molecule has 4 heteroatoms. The van der Waals surface area contributed by atoms with Gasteiger partial charge in [0.25, 0.3) is 0 Å². The molecular weight excluding hydrogens is 260 g/mol. The monoisotopic (exact) mass is 274 g/mol. The van der Waals surface area contributed by atoms with Crippen molar-refractivity contribution in [1.29, 1.82) is 0 Å². The summed E-state index contributed by atoms with van der Waals surface area (Å²) in [6, 6.07) is 19.0. The minimum Gasteiger partial charge on any atom is -0.361 e. The summed E-state index contributed by atoms with van der Waals surface area (Å²) >= 11 is 0. The summed E-state index contributed by atoms with van der Waals surface area (Å²) in [5, 5.41) is 5.78. The Morgan fingerprint density at radius 1 is 0.842 bits per heavy atom. The van der Waals surface area contributed by atoms with E-state index in [1.165, 1.54) is 6.08 Å². The number of carbonyl (C=O) groups is 1. The van der Waals surface area contributed by atoms with Gasteiger partial charge in [0.05, 0.1) is 0 Å². The lowest BCUT2D eigenvalue weighted by atomic mass is 10.3. The first kappa shape index (κ1) is 14.8. The molecular formula is C15H15ClN2O. The first-order valence-electron chi connectivity index (χ1n) is 5.69. The third-order valence-corrected chi connectivity index (χ3v) is 2.30. The van der Waals surface area contributed by atoms with E-state index < -0.39 is 0 Å². The zero-order chi connectivity index (χ0) is 12.6. The molecule has 0 spiro atoms. The van der Waals surface area contributed by atoms with E-state index in [9.17, 15) is 4.79 Å². The predicted molar refractivity (Wildman–Crippen MR) is 81.5 cm³/mol. The van der Waals surface area contributed by atoms with E-state index in [-0.39, 0.29) is 18.3 Å². The van der Waals surface area contributed by atoms with Crippen LogP contribution in [0.4, 0.5) is 11.4 Å². The summed E-state index contributed by atoms with van der Waals surface area (Å²) in [5.74, 6) is -0.162. The Kier molecular flexibility index (Phi) is 6.19. The van der Waals surface area contributed by atoms with Gasteiger partial charge in [-0.25, -0.2) is 0 Å². The minimum atomic E-state index is -0.162. The lowest BCUT2D eigenvalue weighted by molar-refractivity contribution is -0.111. The molecule has 19 heavy (non-hydrogen) atoms. The Bertz CT molecular complexity index is 526. The Morgan fingerprint density at radius 3 is 1.95 bits per heavy atom. The predicted octanol–water partition coefficient (Wildman–Crippen LogP) is 3.67. The second-order valence-electron chi connectivity index (χ2n) is 3.70. The van der Waals surface area contributed by atoms with Crippen LogP contribution in [0.5, 0.6) is 0 Å². The second-order valence-corrected chi connectivity index (χ2v) is 3.70. The van der Waals surface area contributed by atoms with Crippen LogP contribution in [-0.2, 0) is 4.79 Å². The fourth-order valence-corrected chi connectivity index (χ4v) is 1.45. The smallest absolute Gasteiger partial charge is 0.249 e. The van der Waals surface area contributed by atoms with E-state index >= 15 is 0 Å². The van der Waals surface area contributed by atoms with E-state index in [0.717, 1.165) is 11.4 Å². The maximum absolute atomic E-state index is 11.6. The van der Waals surface area contributed by atoms with Crippen molar-refractivity contribution in [2.24, 2.45) is 0 Å². The Labute approximate surface area is 118 Å². The highest BCUT2D eigenvalue weighted by Gasteiger charge is 1.95. The van der Waals surface area contributed by atoms with Crippen LogP contribution in [0.3, 0.4) is 0 Å². The highest BCUT2D eigenvalue weighted by Crippen LogP contribution is 2.06. The molecule has 0 atom stereocenters. The zero-order valence-electron chi connectivity index (χ0n) is 10.2. The Morgan fingerprint density at radius 2 is 1.37 bits per heavy atom. The van der Waals surface area contributed by atoms with Gasteiger partial charge in [0.1, 0.15) is 0 Å². The highest BCUT2D eigenvalue weighted by atomic mass is 35.5. The average molecular weight is 275 g/mol. The van der Waals surface area contributed by atoms with E-state index in [1.54, 1.807) is 6.20 Å². The van der Waals surface area contributed by atoms with Gasteiger partial charge >= 0.3 is 0 Å². The molecule has 2 N–H and O–H groups in total. The molecule has 0 aliphatic carbocycles. The van der Waals surface area contributed by atoms with Crippen LogP contribution < -0.4 is 10.6 Å². The summed E-state index contributed by atoms with van der Waals surface area (Å²) in [6.07, 6.45) is 3.08. The Hall–Kier alpha value is -2.26. The normalized spacial score (nSPS) is 9.68. The van der Waals surface area contributed by atoms with Crippen LogP contribution in [0, 0.1) is 0 Å². The molecule has 0 aliphatic rings. The molecule has 0 fully saturated rings. The number of anilines is 2. The summed E-state index contributed by atoms with van der Waals surface area (Å²) < 4.78 is 0. The number of nitrogens with one attached hydrogen (secondary N) is 2. The van der Waals surface area contributed by atoms with Gasteiger partial charge in [0.15, 0.2) is 0 Å². The Balaban J connectivity index is 0.00000180. The molecule has 3 nitrogen and oxygen atoms in total. The van der Waals surface area contributed by atoms with Crippen molar-refractivity contribution in [3.05, 3.63) is 72.9 Å². The fourth-order valence-electron chi connectivity index (χ4n) is 1.45. The summed E-state index contributed by atoms with van der Waals surface area (Å²) in [4.78, 5) is 11.6. The summed E-state index contributed by atoms with van der Waals surface area (Å²) in [5.41, 5.74) is 1.73. The third kappa shape index (κ3) is 5.27. The molecule has 2 aromatic rings. The molecule has 0 aromatic heterocycles. The first-order valence-corrected chi connectivity index (χ1v) is 5.69. The summed E-state index contributed by atoms with van der Waals surface area (Å²) in [6.45, 7) is 0. The van der Waals surface area contributed by atoms with Crippen LogP contribution in [-0.4, -0.2) is 5.91 Å². The standard InChI is InChI=1S/C15H14N2O.ClH/c18-15(17-14-9-5-2-6-10-14)11-12-16-13-7-3-1-4-8-13;/h1-12,16H,(H,17,18);1H. The fraction of sp³-hybridized carbons (Fsp3) is 0. The van der Waals surface area contributed by atoms with Crippen molar-refractivity contribution in [3.8, 4) is 0 Å². The summed E-state index contributed by atoms with van der Waals surface area (Å²) in [7, 11) is 0. The van der Waals surface area contributed by atoms with Crippen molar-refractivity contribution in [2.75, 3.05) is 10.6 Å². The lowest BCUT2D eigenvalue weighted by Crippen LogP contribution is -2.08. The van der Waals surface area contributed by atoms with Crippen molar-refractivity contribution in [1.82, 2.24) is 0 Å². The number of hydrogen-bond donors (Lipinski definition) is 2. The SMILES string of the molecule is Cl.O=C(C=CNc1ccccc1)Nc1ccccc1. The van der Waals surface area contributed by atoms with E-state index in [2.05, 4.69) is 10.6 Å². The number of amides is 1. The molecule has 98 valence electrons. The van der Waals surface area contributed by atoms with Gasteiger partial charge in [0, 0.05) is 23.7 Å². The maximum Gasteiger partial charge on any atom is 0.249 e. The van der Waals surface area contributed by atoms with E-state index in [0.29, 0.717) is 0 Å². The number of benzene rings is 2. The largest absolute Gasteiger partial charge is 0.361 e. The van der Waals surface area contributed by atoms with Gasteiger partial charge in [-0.1, -0.05) is 36.4 Å². The van der Waals surface area contributed by atoms with Gasteiger partial charge in [-0.2, -0.15) is 0 Å². The van der Waals surface area contributed by atoms with Crippen LogP contribution >= 0.6 is 12.4 Å². The van der Waals surface area contributed by atoms with Crippen molar-refractivity contribution < 1.29 is 4.79 Å². The molecule has 0 heterocycles. The minimum absolute atomic E-state index is 0. The third-order valence-electron chi connectivity index (χ3n) is 2.30. The van der Waals surface area contributed by atoms with Crippen LogP contribution in [0.25, 0.3) is 0 Å². The second kappa shape index (κ2) is 7.95. The number of rotatable bonds is 4. The van der Waals surface area contributed by atoms with Gasteiger partial charge in [-0.15, -0.1) is 12.4 Å². The molecule has 0 radical (unpaired) electrons. The van der Waals surface area contributed by atoms with Crippen LogP contribution in [0.2, 0.25) is 0 Å². The van der Waals surface area contributed by atoms with Crippen molar-refractivity contribution in [3.63, 3.8) is 0 Å². The lowest BCUT2D eigenvalue weighted by Gasteiger charge is -2.01. The molecule has 2 rings (SSSR count). The number of hydrogen-bond acceptors (Lipinski definition) is 2. The molecule has 0 bridgehead atoms. The topological polar surface area (TPSA) is 41.1 Å². The van der Waals surface area contributed by atoms with Crippen molar-refractivity contribution >= 4 is 29.7 Å². The van der Waals surface area contributed by atoms with Gasteiger partial charge < -0.3 is 10.6 Å². The van der Waals surface area contributed by atoms with Gasteiger partial charge in [-0.3, -0.25) is 4.79 Å². The molecule has 0 saturated carbocycles. The van der Waals surface area contributed by atoms with Crippen LogP contribution in [0.15, 0.2) is 72.9 Å². The van der Waals surface area contributed by atoms with Crippen molar-refractivity contribution in [2.45, 2.75) is 0 Å². The van der Waals surface area contributed by atoms with Gasteiger partial charge in [-0.05, 0) is 24.3 Å². The van der Waals surface area contributed by atoms with E-state index in [4.69, 9.17) is 0 Å². The van der Waals surface area contributed by atoms with Crippen LogP contribution in [0.1, 0.15) is 0 Å².